The summed E-state index contributed by atoms with van der Waals surface area (Å²) in [5.74, 6) is 0. The Labute approximate surface area is 120 Å². The molecule has 2 aromatic rings. The molecule has 102 valence electrons. The molecule has 2 rings (SSSR count). The molecule has 0 radical (unpaired) electrons. The summed E-state index contributed by atoms with van der Waals surface area (Å²) in [6.45, 7) is 0.0206. The van der Waals surface area contributed by atoms with Crippen LogP contribution in [0.4, 0.5) is 13.2 Å². The van der Waals surface area contributed by atoms with E-state index in [4.69, 9.17) is 0 Å². The number of hydrogen-bond acceptors (Lipinski definition) is 2. The molecule has 0 aliphatic rings. The van der Waals surface area contributed by atoms with Crippen LogP contribution in [0.15, 0.2) is 29.3 Å². The quantitative estimate of drug-likeness (QED) is 0.764. The summed E-state index contributed by atoms with van der Waals surface area (Å²) in [5, 5.41) is 0.432. The molecule has 0 unspecified atom stereocenters. The number of fused-ring (bicyclic) bond motifs is 1. The highest BCUT2D eigenvalue weighted by molar-refractivity contribution is 14.1. The number of hydrogen-bond donors (Lipinski definition) is 0. The predicted octanol–water partition coefficient (Wildman–Crippen LogP) is 3.34. The van der Waals surface area contributed by atoms with E-state index in [0.29, 0.717) is 10.9 Å². The summed E-state index contributed by atoms with van der Waals surface area (Å²) in [4.78, 5) is 16.2. The van der Waals surface area contributed by atoms with Crippen molar-refractivity contribution in [2.45, 2.75) is 25.6 Å². The van der Waals surface area contributed by atoms with Crippen LogP contribution in [0.2, 0.25) is 0 Å². The van der Waals surface area contributed by atoms with E-state index in [1.807, 2.05) is 6.07 Å². The topological polar surface area (TPSA) is 34.9 Å². The molecule has 0 fully saturated rings. The van der Waals surface area contributed by atoms with E-state index in [1.165, 1.54) is 10.9 Å². The second-order valence-electron chi connectivity index (χ2n) is 4.12. The van der Waals surface area contributed by atoms with Gasteiger partial charge in [-0.1, -0.05) is 0 Å². The molecule has 3 nitrogen and oxygen atoms in total. The van der Waals surface area contributed by atoms with Crippen molar-refractivity contribution in [3.05, 3.63) is 38.5 Å². The van der Waals surface area contributed by atoms with E-state index in [-0.39, 0.29) is 18.5 Å². The molecule has 0 saturated heterocycles. The fourth-order valence-electron chi connectivity index (χ4n) is 1.74. The van der Waals surface area contributed by atoms with Crippen LogP contribution in [-0.2, 0) is 6.54 Å². The highest BCUT2D eigenvalue weighted by Crippen LogP contribution is 2.21. The second-order valence-corrected chi connectivity index (χ2v) is 5.37. The molecular weight excluding hydrogens is 372 g/mol. The van der Waals surface area contributed by atoms with E-state index in [0.717, 1.165) is 3.57 Å². The van der Waals surface area contributed by atoms with Crippen LogP contribution < -0.4 is 5.56 Å². The zero-order chi connectivity index (χ0) is 14.0. The van der Waals surface area contributed by atoms with Crippen molar-refractivity contribution in [1.82, 2.24) is 9.55 Å². The van der Waals surface area contributed by atoms with Crippen LogP contribution in [0.1, 0.15) is 12.8 Å². The van der Waals surface area contributed by atoms with Crippen molar-refractivity contribution in [2.75, 3.05) is 0 Å². The number of nitrogens with zero attached hydrogens (tertiary/aromatic N) is 2. The molecule has 0 atom stereocenters. The average molecular weight is 382 g/mol. The number of alkyl halides is 3. The SMILES string of the molecule is O=c1c2cc(I)ccc2ncn1CCCC(F)(F)F. The fourth-order valence-corrected chi connectivity index (χ4v) is 2.23. The van der Waals surface area contributed by atoms with Gasteiger partial charge >= 0.3 is 6.18 Å². The minimum absolute atomic E-state index is 0.0206. The maximum atomic E-state index is 12.1. The number of halogens is 4. The van der Waals surface area contributed by atoms with Crippen molar-refractivity contribution >= 4 is 33.5 Å². The lowest BCUT2D eigenvalue weighted by Gasteiger charge is -2.08. The zero-order valence-corrected chi connectivity index (χ0v) is 11.9. The van der Waals surface area contributed by atoms with Crippen LogP contribution in [0, 0.1) is 3.57 Å². The predicted molar refractivity (Wildman–Crippen MR) is 74.0 cm³/mol. The Morgan fingerprint density at radius 1 is 1.32 bits per heavy atom. The van der Waals surface area contributed by atoms with Gasteiger partial charge in [-0.25, -0.2) is 4.98 Å². The van der Waals surface area contributed by atoms with Gasteiger partial charge in [0, 0.05) is 16.5 Å². The molecule has 0 saturated carbocycles. The van der Waals surface area contributed by atoms with Crippen molar-refractivity contribution in [2.24, 2.45) is 0 Å². The summed E-state index contributed by atoms with van der Waals surface area (Å²) in [6.07, 6.45) is -3.92. The standard InChI is InChI=1S/C12H10F3IN2O/c13-12(14,15)4-1-5-18-7-17-10-3-2-8(16)6-9(10)11(18)19/h2-3,6-7H,1,4-5H2. The van der Waals surface area contributed by atoms with Crippen LogP contribution in [0.3, 0.4) is 0 Å². The highest BCUT2D eigenvalue weighted by atomic mass is 127. The molecule has 7 heteroatoms. The minimum atomic E-state index is -4.19. The molecule has 1 heterocycles. The third-order valence-corrected chi connectivity index (χ3v) is 3.32. The Bertz CT molecular complexity index is 651. The Morgan fingerprint density at radius 2 is 2.05 bits per heavy atom. The third kappa shape index (κ3) is 3.68. The number of benzene rings is 1. The van der Waals surface area contributed by atoms with Gasteiger partial charge in [0.25, 0.3) is 5.56 Å². The second kappa shape index (κ2) is 5.48. The van der Waals surface area contributed by atoms with Gasteiger partial charge in [0.15, 0.2) is 0 Å². The molecule has 0 aliphatic heterocycles. The first-order valence-electron chi connectivity index (χ1n) is 5.58. The van der Waals surface area contributed by atoms with E-state index in [2.05, 4.69) is 27.6 Å². The normalized spacial score (nSPS) is 12.0. The van der Waals surface area contributed by atoms with Crippen molar-refractivity contribution in [3.63, 3.8) is 0 Å². The first-order chi connectivity index (χ1) is 8.87. The van der Waals surface area contributed by atoms with E-state index < -0.39 is 12.6 Å². The molecule has 1 aromatic heterocycles. The third-order valence-electron chi connectivity index (χ3n) is 2.65. The van der Waals surface area contributed by atoms with Crippen molar-refractivity contribution in [1.29, 1.82) is 0 Å². The zero-order valence-electron chi connectivity index (χ0n) is 9.75. The smallest absolute Gasteiger partial charge is 0.299 e. The van der Waals surface area contributed by atoms with Gasteiger partial charge in [0.05, 0.1) is 17.2 Å². The first kappa shape index (κ1) is 14.3. The van der Waals surface area contributed by atoms with E-state index in [1.54, 1.807) is 12.1 Å². The van der Waals surface area contributed by atoms with Gasteiger partial charge in [-0.15, -0.1) is 0 Å². The van der Waals surface area contributed by atoms with Gasteiger partial charge in [0.2, 0.25) is 0 Å². The minimum Gasteiger partial charge on any atom is -0.299 e. The lowest BCUT2D eigenvalue weighted by Crippen LogP contribution is -2.21. The molecule has 0 bridgehead atoms. The molecule has 19 heavy (non-hydrogen) atoms. The van der Waals surface area contributed by atoms with E-state index in [9.17, 15) is 18.0 Å². The Kier molecular flexibility index (Phi) is 4.12. The van der Waals surface area contributed by atoms with Crippen molar-refractivity contribution in [3.8, 4) is 0 Å². The Hall–Kier alpha value is -1.12. The fraction of sp³-hybridized carbons (Fsp3) is 0.333. The molecule has 0 aliphatic carbocycles. The summed E-state index contributed by atoms with van der Waals surface area (Å²) < 4.78 is 38.3. The molecule has 0 amide bonds. The van der Waals surface area contributed by atoms with Crippen molar-refractivity contribution < 1.29 is 13.2 Å². The Balaban J connectivity index is 2.25. The summed E-state index contributed by atoms with van der Waals surface area (Å²) in [5.41, 5.74) is 0.253. The lowest BCUT2D eigenvalue weighted by atomic mass is 10.2. The summed E-state index contributed by atoms with van der Waals surface area (Å²) >= 11 is 2.07. The maximum absolute atomic E-state index is 12.1. The highest BCUT2D eigenvalue weighted by Gasteiger charge is 2.26. The van der Waals surface area contributed by atoms with Crippen LogP contribution >= 0.6 is 22.6 Å². The number of aromatic nitrogens is 2. The lowest BCUT2D eigenvalue weighted by molar-refractivity contribution is -0.135. The Morgan fingerprint density at radius 3 is 2.74 bits per heavy atom. The monoisotopic (exact) mass is 382 g/mol. The summed E-state index contributed by atoms with van der Waals surface area (Å²) in [6, 6.07) is 5.23. The van der Waals surface area contributed by atoms with Crippen LogP contribution in [0.5, 0.6) is 0 Å². The van der Waals surface area contributed by atoms with Crippen LogP contribution in [0.25, 0.3) is 10.9 Å². The van der Waals surface area contributed by atoms with Gasteiger partial charge in [0.1, 0.15) is 0 Å². The van der Waals surface area contributed by atoms with E-state index >= 15 is 0 Å². The largest absolute Gasteiger partial charge is 0.389 e. The number of rotatable bonds is 3. The molecule has 1 aromatic carbocycles. The average Bonchev–Trinajstić information content (AvgIpc) is 2.31. The maximum Gasteiger partial charge on any atom is 0.389 e. The van der Waals surface area contributed by atoms with Gasteiger partial charge in [-0.3, -0.25) is 9.36 Å². The van der Waals surface area contributed by atoms with Gasteiger partial charge in [-0.2, -0.15) is 13.2 Å². The first-order valence-corrected chi connectivity index (χ1v) is 6.66. The van der Waals surface area contributed by atoms with Crippen LogP contribution in [-0.4, -0.2) is 15.7 Å². The molecular formula is C12H10F3IN2O. The summed E-state index contributed by atoms with van der Waals surface area (Å²) in [7, 11) is 0. The molecule has 0 spiro atoms. The van der Waals surface area contributed by atoms with Gasteiger partial charge < -0.3 is 0 Å². The molecule has 0 N–H and O–H groups in total. The number of aryl methyl sites for hydroxylation is 1. The van der Waals surface area contributed by atoms with Gasteiger partial charge in [-0.05, 0) is 47.2 Å².